The van der Waals surface area contributed by atoms with Crippen molar-refractivity contribution < 1.29 is 52.0 Å². The summed E-state index contributed by atoms with van der Waals surface area (Å²) in [6.45, 7) is 0.0156. The Kier molecular flexibility index (Phi) is 9.31. The van der Waals surface area contributed by atoms with E-state index in [2.05, 4.69) is 9.97 Å². The molecule has 0 fully saturated rings. The zero-order valence-corrected chi connectivity index (χ0v) is 26.5. The maximum Gasteiger partial charge on any atom is 0.306 e. The number of aromatic amines is 1. The first-order valence-corrected chi connectivity index (χ1v) is 17.8. The zero-order chi connectivity index (χ0) is 32.3. The van der Waals surface area contributed by atoms with Crippen LogP contribution in [-0.2, 0) is 37.0 Å². The molecule has 4 rings (SSSR count). The standard InChI is InChI=1S/C27H28N2O12S3/c1-36-24-13-21(17-6-9-20(10-7-17)39-42(3,30)31)26(37-2)27(41-44(5,34)35)25(24)18-8-11-22(23(12-18)40-43(4,32)33)38-15-19-14-28-16-29-19/h6-14,16H,15H2,1-5H3,(H,28,29). The molecule has 1 aromatic heterocycles. The molecule has 0 amide bonds. The fraction of sp³-hybridized carbons (Fsp3) is 0.222. The maximum atomic E-state index is 12.5. The van der Waals surface area contributed by atoms with Crippen LogP contribution in [0.2, 0.25) is 0 Å². The van der Waals surface area contributed by atoms with Crippen LogP contribution >= 0.6 is 0 Å². The van der Waals surface area contributed by atoms with Crippen LogP contribution in [0, 0.1) is 0 Å². The molecule has 44 heavy (non-hydrogen) atoms. The Morgan fingerprint density at radius 3 is 1.86 bits per heavy atom. The lowest BCUT2D eigenvalue weighted by Gasteiger charge is -2.21. The third-order valence-electron chi connectivity index (χ3n) is 5.68. The summed E-state index contributed by atoms with van der Waals surface area (Å²) in [4.78, 5) is 6.78. The van der Waals surface area contributed by atoms with Gasteiger partial charge in [-0.15, -0.1) is 0 Å². The van der Waals surface area contributed by atoms with Crippen molar-refractivity contribution in [1.82, 2.24) is 9.97 Å². The minimum absolute atomic E-state index is 0.0156. The SMILES string of the molecule is COc1cc(-c2ccc(OS(C)(=O)=O)cc2)c(OC)c(OS(C)(=O)=O)c1-c1ccc(OCc2cnc[nH]2)c(OS(C)(=O)=O)c1. The van der Waals surface area contributed by atoms with Crippen LogP contribution in [0.5, 0.6) is 34.5 Å². The first kappa shape index (κ1) is 32.4. The average molecular weight is 669 g/mol. The van der Waals surface area contributed by atoms with Crippen LogP contribution in [0.15, 0.2) is 61.1 Å². The normalized spacial score (nSPS) is 11.9. The predicted octanol–water partition coefficient (Wildman–Crippen LogP) is 3.36. The average Bonchev–Trinajstić information content (AvgIpc) is 3.43. The molecule has 0 aliphatic rings. The highest BCUT2D eigenvalue weighted by Gasteiger charge is 2.27. The van der Waals surface area contributed by atoms with Gasteiger partial charge in [-0.2, -0.15) is 25.3 Å². The molecule has 0 aliphatic heterocycles. The lowest BCUT2D eigenvalue weighted by Crippen LogP contribution is -2.10. The molecule has 0 spiro atoms. The van der Waals surface area contributed by atoms with Crippen LogP contribution in [0.25, 0.3) is 22.3 Å². The van der Waals surface area contributed by atoms with Crippen LogP contribution in [-0.4, -0.2) is 68.2 Å². The van der Waals surface area contributed by atoms with E-state index in [1.807, 2.05) is 0 Å². The summed E-state index contributed by atoms with van der Waals surface area (Å²) in [5.41, 5.74) is 1.73. The molecule has 0 saturated carbocycles. The molecule has 0 saturated heterocycles. The molecular formula is C27H28N2O12S3. The Morgan fingerprint density at radius 1 is 0.682 bits per heavy atom. The molecule has 14 nitrogen and oxygen atoms in total. The van der Waals surface area contributed by atoms with E-state index in [1.165, 1.54) is 69.2 Å². The summed E-state index contributed by atoms with van der Waals surface area (Å²) in [6, 6.07) is 11.7. The van der Waals surface area contributed by atoms with Crippen molar-refractivity contribution in [3.63, 3.8) is 0 Å². The summed E-state index contributed by atoms with van der Waals surface area (Å²) in [5.74, 6) is -0.239. The lowest BCUT2D eigenvalue weighted by molar-refractivity contribution is 0.292. The largest absolute Gasteiger partial charge is 0.496 e. The van der Waals surface area contributed by atoms with Gasteiger partial charge in [-0.05, 0) is 41.5 Å². The van der Waals surface area contributed by atoms with Gasteiger partial charge in [0.2, 0.25) is 0 Å². The molecule has 3 aromatic carbocycles. The van der Waals surface area contributed by atoms with Crippen molar-refractivity contribution in [1.29, 1.82) is 0 Å². The van der Waals surface area contributed by atoms with Gasteiger partial charge in [0.15, 0.2) is 23.0 Å². The fourth-order valence-corrected chi connectivity index (χ4v) is 5.47. The molecule has 1 N–H and O–H groups in total. The van der Waals surface area contributed by atoms with Crippen LogP contribution in [0.3, 0.4) is 0 Å². The topological polar surface area (TPSA) is 186 Å². The molecule has 17 heteroatoms. The highest BCUT2D eigenvalue weighted by Crippen LogP contribution is 2.51. The molecule has 1 heterocycles. The molecule has 236 valence electrons. The number of rotatable bonds is 13. The van der Waals surface area contributed by atoms with Gasteiger partial charge in [0.1, 0.15) is 18.1 Å². The number of imidazole rings is 1. The number of H-pyrrole nitrogens is 1. The summed E-state index contributed by atoms with van der Waals surface area (Å²) in [7, 11) is -9.30. The second-order valence-corrected chi connectivity index (χ2v) is 14.0. The van der Waals surface area contributed by atoms with E-state index < -0.39 is 30.4 Å². The lowest BCUT2D eigenvalue weighted by atomic mass is 9.96. The second-order valence-electron chi connectivity index (χ2n) is 9.28. The monoisotopic (exact) mass is 668 g/mol. The molecule has 0 bridgehead atoms. The second kappa shape index (κ2) is 12.6. The number of benzene rings is 3. The van der Waals surface area contributed by atoms with E-state index in [4.69, 9.17) is 26.8 Å². The first-order chi connectivity index (χ1) is 20.6. The molecule has 4 aromatic rings. The summed E-state index contributed by atoms with van der Waals surface area (Å²) in [6.07, 6.45) is 5.61. The fourth-order valence-electron chi connectivity index (χ4n) is 4.09. The molecule has 0 aliphatic carbocycles. The minimum Gasteiger partial charge on any atom is -0.496 e. The van der Waals surface area contributed by atoms with E-state index in [0.29, 0.717) is 16.8 Å². The molecular weight excluding hydrogens is 641 g/mol. The predicted molar refractivity (Wildman–Crippen MR) is 160 cm³/mol. The van der Waals surface area contributed by atoms with Crippen LogP contribution in [0.1, 0.15) is 5.69 Å². The van der Waals surface area contributed by atoms with Gasteiger partial charge in [-0.25, -0.2) is 4.98 Å². The van der Waals surface area contributed by atoms with E-state index in [9.17, 15) is 25.3 Å². The van der Waals surface area contributed by atoms with Gasteiger partial charge in [0.05, 0.1) is 56.8 Å². The van der Waals surface area contributed by atoms with E-state index in [-0.39, 0.29) is 52.2 Å². The highest BCUT2D eigenvalue weighted by atomic mass is 32.2. The Balaban J connectivity index is 1.92. The Hall–Kier alpha value is -4.48. The van der Waals surface area contributed by atoms with E-state index in [1.54, 1.807) is 6.07 Å². The van der Waals surface area contributed by atoms with Crippen molar-refractivity contribution in [3.8, 4) is 56.8 Å². The molecule has 0 atom stereocenters. The number of ether oxygens (including phenoxy) is 3. The van der Waals surface area contributed by atoms with Crippen molar-refractivity contribution in [3.05, 3.63) is 66.7 Å². The quantitative estimate of drug-likeness (QED) is 0.205. The van der Waals surface area contributed by atoms with Crippen molar-refractivity contribution in [2.24, 2.45) is 0 Å². The van der Waals surface area contributed by atoms with Gasteiger partial charge in [0, 0.05) is 5.56 Å². The number of aromatic nitrogens is 2. The van der Waals surface area contributed by atoms with Crippen molar-refractivity contribution in [2.45, 2.75) is 6.61 Å². The minimum atomic E-state index is -4.16. The van der Waals surface area contributed by atoms with Gasteiger partial charge in [-0.3, -0.25) is 0 Å². The Bertz CT molecular complexity index is 1970. The van der Waals surface area contributed by atoms with Gasteiger partial charge in [-0.1, -0.05) is 18.2 Å². The molecule has 0 radical (unpaired) electrons. The number of hydrogen-bond donors (Lipinski definition) is 1. The summed E-state index contributed by atoms with van der Waals surface area (Å²) < 4.78 is 105. The van der Waals surface area contributed by atoms with Crippen LogP contribution < -0.4 is 26.8 Å². The maximum absolute atomic E-state index is 12.5. The van der Waals surface area contributed by atoms with Gasteiger partial charge in [0.25, 0.3) is 0 Å². The highest BCUT2D eigenvalue weighted by molar-refractivity contribution is 7.86. The number of hydrogen-bond acceptors (Lipinski definition) is 13. The van der Waals surface area contributed by atoms with Crippen molar-refractivity contribution in [2.75, 3.05) is 33.0 Å². The number of nitrogens with one attached hydrogen (secondary N) is 1. The summed E-state index contributed by atoms with van der Waals surface area (Å²) in [5, 5.41) is 0. The number of nitrogens with zero attached hydrogens (tertiary/aromatic N) is 1. The summed E-state index contributed by atoms with van der Waals surface area (Å²) >= 11 is 0. The van der Waals surface area contributed by atoms with Gasteiger partial charge >= 0.3 is 30.4 Å². The smallest absolute Gasteiger partial charge is 0.306 e. The van der Waals surface area contributed by atoms with E-state index in [0.717, 1.165) is 18.8 Å². The van der Waals surface area contributed by atoms with Crippen LogP contribution in [0.4, 0.5) is 0 Å². The van der Waals surface area contributed by atoms with Crippen molar-refractivity contribution >= 4 is 30.4 Å². The Morgan fingerprint density at radius 2 is 1.32 bits per heavy atom. The van der Waals surface area contributed by atoms with E-state index >= 15 is 0 Å². The molecule has 0 unspecified atom stereocenters. The number of methoxy groups -OCH3 is 2. The third-order valence-corrected chi connectivity index (χ3v) is 7.13. The third kappa shape index (κ3) is 8.33. The zero-order valence-electron chi connectivity index (χ0n) is 24.1. The first-order valence-electron chi connectivity index (χ1n) is 12.4. The van der Waals surface area contributed by atoms with Gasteiger partial charge < -0.3 is 31.7 Å². The Labute approximate surface area is 254 Å².